The first-order valence-electron chi connectivity index (χ1n) is 3.36. The first-order valence-corrected chi connectivity index (χ1v) is 3.36. The molecule has 0 saturated heterocycles. The van der Waals surface area contributed by atoms with Gasteiger partial charge in [0.25, 0.3) is 0 Å². The summed E-state index contributed by atoms with van der Waals surface area (Å²) in [6.07, 6.45) is 4.75. The van der Waals surface area contributed by atoms with E-state index in [0.29, 0.717) is 0 Å². The molecule has 0 bridgehead atoms. The van der Waals surface area contributed by atoms with Gasteiger partial charge < -0.3 is 4.74 Å². The Morgan fingerprint density at radius 1 is 1.15 bits per heavy atom. The topological polar surface area (TPSA) is 9.23 Å². The van der Waals surface area contributed by atoms with Crippen LogP contribution in [0.1, 0.15) is 5.56 Å². The van der Waals surface area contributed by atoms with Gasteiger partial charge in [-0.15, -0.1) is 0 Å². The van der Waals surface area contributed by atoms with E-state index in [1.807, 2.05) is 24.3 Å². The molecule has 1 aromatic rings. The van der Waals surface area contributed by atoms with Crippen molar-refractivity contribution < 1.29 is 54.2 Å². The molecule has 0 fully saturated rings. The molecule has 2 rings (SSSR count). The van der Waals surface area contributed by atoms with Crippen LogP contribution in [-0.2, 0) is 55.9 Å². The summed E-state index contributed by atoms with van der Waals surface area (Å²) in [5, 5.41) is 0. The van der Waals surface area contributed by atoms with Gasteiger partial charge in [-0.3, -0.25) is 0 Å². The summed E-state index contributed by atoms with van der Waals surface area (Å²) in [5.74, 6) is 0.991. The molecule has 0 saturated carbocycles. The predicted octanol–water partition coefficient (Wildman–Crippen LogP) is 1.75. The molecule has 65 valence electrons. The van der Waals surface area contributed by atoms with E-state index in [0.717, 1.165) is 12.2 Å². The molecule has 0 unspecified atom stereocenters. The number of hydrogen-bond acceptors (Lipinski definition) is 1. The Morgan fingerprint density at radius 3 is 2.54 bits per heavy atom. The van der Waals surface area contributed by atoms with E-state index in [-0.39, 0.29) is 66.8 Å². The smallest absolute Gasteiger partial charge is 0.130 e. The van der Waals surface area contributed by atoms with Crippen molar-refractivity contribution in [1.29, 1.82) is 0 Å². The van der Waals surface area contributed by atoms with Crippen LogP contribution >= 0.6 is 0 Å². The standard InChI is InChI=1S/C9H8O.Al.Co.Y/c1-2-6-9-8(4-1)5-3-7-10-9;;;/h1-4,6-7H,5H2;;;. The fourth-order valence-electron chi connectivity index (χ4n) is 1.08. The second-order valence-corrected chi connectivity index (χ2v) is 2.30. The van der Waals surface area contributed by atoms with Crippen LogP contribution in [0, 0.1) is 0 Å². The van der Waals surface area contributed by atoms with E-state index in [4.69, 9.17) is 4.74 Å². The van der Waals surface area contributed by atoms with Gasteiger partial charge in [-0.2, -0.15) is 0 Å². The van der Waals surface area contributed by atoms with Crippen molar-refractivity contribution >= 4 is 17.4 Å². The van der Waals surface area contributed by atoms with Crippen molar-refractivity contribution in [3.8, 4) is 5.75 Å². The SMILES string of the molecule is C1=COc2ccccc2C1.[Al].[Co].[Y]. The van der Waals surface area contributed by atoms with Crippen LogP contribution in [-0.4, -0.2) is 17.4 Å². The number of benzene rings is 1. The van der Waals surface area contributed by atoms with Gasteiger partial charge in [-0.05, 0) is 24.1 Å². The van der Waals surface area contributed by atoms with Crippen LogP contribution in [0.3, 0.4) is 0 Å². The van der Waals surface area contributed by atoms with Gasteiger partial charge in [0, 0.05) is 66.8 Å². The monoisotopic (exact) mass is 307 g/mol. The molecule has 0 spiro atoms. The van der Waals surface area contributed by atoms with E-state index in [9.17, 15) is 0 Å². The van der Waals surface area contributed by atoms with Crippen molar-refractivity contribution in [3.05, 3.63) is 42.2 Å². The number of allylic oxidation sites excluding steroid dienone is 1. The fourth-order valence-corrected chi connectivity index (χ4v) is 1.08. The number of fused-ring (bicyclic) bond motifs is 1. The van der Waals surface area contributed by atoms with Crippen molar-refractivity contribution in [2.24, 2.45) is 0 Å². The predicted molar refractivity (Wildman–Crippen MR) is 45.7 cm³/mol. The molecular weight excluding hydrogens is 299 g/mol. The number of ether oxygens (including phenoxy) is 1. The van der Waals surface area contributed by atoms with Crippen LogP contribution in [0.2, 0.25) is 0 Å². The van der Waals surface area contributed by atoms with Gasteiger partial charge >= 0.3 is 0 Å². The zero-order valence-electron chi connectivity index (χ0n) is 7.07. The summed E-state index contributed by atoms with van der Waals surface area (Å²) in [7, 11) is 0. The summed E-state index contributed by atoms with van der Waals surface area (Å²) < 4.78 is 5.24. The van der Waals surface area contributed by atoms with E-state index in [2.05, 4.69) is 6.07 Å². The van der Waals surface area contributed by atoms with Crippen LogP contribution < -0.4 is 4.74 Å². The minimum absolute atomic E-state index is 0. The van der Waals surface area contributed by atoms with Crippen LogP contribution in [0.5, 0.6) is 5.75 Å². The van der Waals surface area contributed by atoms with E-state index in [1.54, 1.807) is 6.26 Å². The zero-order valence-corrected chi connectivity index (χ0v) is 12.1. The van der Waals surface area contributed by atoms with Crippen molar-refractivity contribution in [2.45, 2.75) is 6.42 Å². The Labute approximate surface area is 125 Å². The minimum atomic E-state index is 0. The molecule has 0 amide bonds. The molecule has 1 heterocycles. The van der Waals surface area contributed by atoms with Crippen molar-refractivity contribution in [2.75, 3.05) is 0 Å². The third-order valence-corrected chi connectivity index (χ3v) is 1.60. The van der Waals surface area contributed by atoms with Crippen molar-refractivity contribution in [1.82, 2.24) is 0 Å². The Bertz CT molecular complexity index is 251. The summed E-state index contributed by atoms with van der Waals surface area (Å²) in [6.45, 7) is 0. The average Bonchev–Trinajstić information content (AvgIpc) is 2.05. The molecule has 4 heteroatoms. The molecule has 1 aliphatic heterocycles. The first kappa shape index (κ1) is 16.3. The molecule has 0 aliphatic carbocycles. The van der Waals surface area contributed by atoms with Gasteiger partial charge in [-0.1, -0.05) is 18.2 Å². The Morgan fingerprint density at radius 2 is 1.85 bits per heavy atom. The van der Waals surface area contributed by atoms with Gasteiger partial charge in [-0.25, -0.2) is 0 Å². The summed E-state index contributed by atoms with van der Waals surface area (Å²) in [5.41, 5.74) is 1.27. The largest absolute Gasteiger partial charge is 0.465 e. The average molecular weight is 307 g/mol. The van der Waals surface area contributed by atoms with Gasteiger partial charge in [0.2, 0.25) is 0 Å². The second-order valence-electron chi connectivity index (χ2n) is 2.30. The summed E-state index contributed by atoms with van der Waals surface area (Å²) in [6, 6.07) is 8.08. The third-order valence-electron chi connectivity index (χ3n) is 1.60. The molecule has 5 radical (unpaired) electrons. The number of hydrogen-bond donors (Lipinski definition) is 0. The minimum Gasteiger partial charge on any atom is -0.465 e. The van der Waals surface area contributed by atoms with Crippen molar-refractivity contribution in [3.63, 3.8) is 0 Å². The maximum Gasteiger partial charge on any atom is 0.130 e. The molecule has 0 aromatic heterocycles. The van der Waals surface area contributed by atoms with E-state index < -0.39 is 0 Å². The zero-order chi connectivity index (χ0) is 6.81. The van der Waals surface area contributed by atoms with Gasteiger partial charge in [0.15, 0.2) is 0 Å². The molecule has 0 atom stereocenters. The number of para-hydroxylation sites is 1. The van der Waals surface area contributed by atoms with Crippen LogP contribution in [0.15, 0.2) is 36.6 Å². The molecule has 0 N–H and O–H groups in total. The molecule has 1 nitrogen and oxygen atoms in total. The molecular formula is C9H8AlCoOY. The molecule has 13 heavy (non-hydrogen) atoms. The summed E-state index contributed by atoms with van der Waals surface area (Å²) in [4.78, 5) is 0. The van der Waals surface area contributed by atoms with Gasteiger partial charge in [0.05, 0.1) is 6.26 Å². The third kappa shape index (κ3) is 4.29. The van der Waals surface area contributed by atoms with E-state index >= 15 is 0 Å². The quantitative estimate of drug-likeness (QED) is 0.664. The van der Waals surface area contributed by atoms with Crippen LogP contribution in [0.25, 0.3) is 0 Å². The van der Waals surface area contributed by atoms with E-state index in [1.165, 1.54) is 5.56 Å². The maximum atomic E-state index is 5.24. The maximum absolute atomic E-state index is 5.24. The first-order chi connectivity index (χ1) is 4.97. The fraction of sp³-hybridized carbons (Fsp3) is 0.111. The normalized spacial score (nSPS) is 10.8. The molecule has 1 aromatic carbocycles. The Hall–Kier alpha value is 0.903. The Balaban J connectivity index is 0. The Kier molecular flexibility index (Phi) is 10.3. The molecule has 1 aliphatic rings. The van der Waals surface area contributed by atoms with Gasteiger partial charge in [0.1, 0.15) is 5.75 Å². The number of rotatable bonds is 0. The second kappa shape index (κ2) is 8.23. The van der Waals surface area contributed by atoms with Crippen LogP contribution in [0.4, 0.5) is 0 Å². The summed E-state index contributed by atoms with van der Waals surface area (Å²) >= 11 is 0.